The Morgan fingerprint density at radius 1 is 0.957 bits per heavy atom. The molecule has 0 spiro atoms. The van der Waals surface area contributed by atoms with Crippen LogP contribution in [0.15, 0.2) is 48.5 Å². The number of hydrogen-bond donors (Lipinski definition) is 2. The second kappa shape index (κ2) is 7.98. The third-order valence-electron chi connectivity index (χ3n) is 3.06. The predicted molar refractivity (Wildman–Crippen MR) is 90.9 cm³/mol. The summed E-state index contributed by atoms with van der Waals surface area (Å²) in [6, 6.07) is 14.1. The molecule has 23 heavy (non-hydrogen) atoms. The van der Waals surface area contributed by atoms with Gasteiger partial charge in [0, 0.05) is 18.3 Å². The highest BCUT2D eigenvalue weighted by atomic mass is 16.5. The van der Waals surface area contributed by atoms with Crippen LogP contribution in [0.2, 0.25) is 0 Å². The van der Waals surface area contributed by atoms with Crippen molar-refractivity contribution in [3.05, 3.63) is 54.1 Å². The van der Waals surface area contributed by atoms with Gasteiger partial charge in [0.25, 0.3) is 5.91 Å². The summed E-state index contributed by atoms with van der Waals surface area (Å²) >= 11 is 0. The van der Waals surface area contributed by atoms with Crippen LogP contribution >= 0.6 is 0 Å². The van der Waals surface area contributed by atoms with Crippen LogP contribution < -0.4 is 15.4 Å². The molecule has 5 heteroatoms. The molecule has 5 nitrogen and oxygen atoms in total. The van der Waals surface area contributed by atoms with E-state index in [1.807, 2.05) is 13.0 Å². The molecule has 2 amide bonds. The lowest BCUT2D eigenvalue weighted by Crippen LogP contribution is -2.14. The Labute approximate surface area is 135 Å². The van der Waals surface area contributed by atoms with Gasteiger partial charge in [-0.3, -0.25) is 9.59 Å². The Hall–Kier alpha value is -2.82. The van der Waals surface area contributed by atoms with E-state index in [0.717, 1.165) is 6.42 Å². The van der Waals surface area contributed by atoms with E-state index in [-0.39, 0.29) is 11.8 Å². The lowest BCUT2D eigenvalue weighted by molar-refractivity contribution is -0.114. The SMILES string of the molecule is CCCOc1ccccc1C(=O)Nc1ccc(NC(C)=O)cc1. The van der Waals surface area contributed by atoms with Crippen molar-refractivity contribution in [2.24, 2.45) is 0 Å². The first kappa shape index (κ1) is 16.5. The number of benzene rings is 2. The number of para-hydroxylation sites is 1. The molecule has 0 fully saturated rings. The predicted octanol–water partition coefficient (Wildman–Crippen LogP) is 3.69. The Balaban J connectivity index is 2.08. The molecule has 0 saturated heterocycles. The lowest BCUT2D eigenvalue weighted by Gasteiger charge is -2.11. The molecule has 2 N–H and O–H groups in total. The van der Waals surface area contributed by atoms with E-state index >= 15 is 0 Å². The van der Waals surface area contributed by atoms with Crippen molar-refractivity contribution in [2.45, 2.75) is 20.3 Å². The van der Waals surface area contributed by atoms with Crippen LogP contribution in [0.5, 0.6) is 5.75 Å². The maximum Gasteiger partial charge on any atom is 0.259 e. The number of carbonyl (C=O) groups excluding carboxylic acids is 2. The minimum Gasteiger partial charge on any atom is -0.493 e. The first-order valence-corrected chi connectivity index (χ1v) is 7.51. The van der Waals surface area contributed by atoms with Gasteiger partial charge in [-0.05, 0) is 42.8 Å². The summed E-state index contributed by atoms with van der Waals surface area (Å²) in [4.78, 5) is 23.4. The third-order valence-corrected chi connectivity index (χ3v) is 3.06. The van der Waals surface area contributed by atoms with Gasteiger partial charge in [-0.15, -0.1) is 0 Å². The molecule has 0 radical (unpaired) electrons. The van der Waals surface area contributed by atoms with Gasteiger partial charge in [0.1, 0.15) is 5.75 Å². The molecule has 0 aliphatic carbocycles. The normalized spacial score (nSPS) is 10.0. The largest absolute Gasteiger partial charge is 0.493 e. The Bertz CT molecular complexity index is 681. The second-order valence-electron chi connectivity index (χ2n) is 5.06. The van der Waals surface area contributed by atoms with Crippen LogP contribution in [-0.4, -0.2) is 18.4 Å². The van der Waals surface area contributed by atoms with Crippen molar-refractivity contribution in [1.82, 2.24) is 0 Å². The minimum atomic E-state index is -0.232. The summed E-state index contributed by atoms with van der Waals surface area (Å²) in [6.07, 6.45) is 0.876. The van der Waals surface area contributed by atoms with Gasteiger partial charge in [-0.1, -0.05) is 19.1 Å². The maximum atomic E-state index is 12.4. The summed E-state index contributed by atoms with van der Waals surface area (Å²) in [5.41, 5.74) is 1.82. The zero-order valence-electron chi connectivity index (χ0n) is 13.3. The molecular weight excluding hydrogens is 292 g/mol. The fourth-order valence-electron chi connectivity index (χ4n) is 2.03. The van der Waals surface area contributed by atoms with Gasteiger partial charge >= 0.3 is 0 Å². The molecule has 2 rings (SSSR count). The van der Waals surface area contributed by atoms with E-state index in [4.69, 9.17) is 4.74 Å². The van der Waals surface area contributed by atoms with Gasteiger partial charge in [0.05, 0.1) is 12.2 Å². The van der Waals surface area contributed by atoms with Gasteiger partial charge in [-0.25, -0.2) is 0 Å². The van der Waals surface area contributed by atoms with Crippen molar-refractivity contribution in [3.8, 4) is 5.75 Å². The molecule has 0 saturated carbocycles. The summed E-state index contributed by atoms with van der Waals surface area (Å²) in [6.45, 7) is 4.03. The van der Waals surface area contributed by atoms with Crippen LogP contribution in [0.25, 0.3) is 0 Å². The minimum absolute atomic E-state index is 0.135. The summed E-state index contributed by atoms with van der Waals surface area (Å²) in [5.74, 6) is 0.203. The molecule has 0 atom stereocenters. The van der Waals surface area contributed by atoms with Crippen LogP contribution in [0.4, 0.5) is 11.4 Å². The van der Waals surface area contributed by atoms with E-state index in [1.165, 1.54) is 6.92 Å². The fourth-order valence-corrected chi connectivity index (χ4v) is 2.03. The van der Waals surface area contributed by atoms with Gasteiger partial charge in [0.2, 0.25) is 5.91 Å². The number of amides is 2. The van der Waals surface area contributed by atoms with Crippen LogP contribution in [-0.2, 0) is 4.79 Å². The van der Waals surface area contributed by atoms with Crippen molar-refractivity contribution < 1.29 is 14.3 Å². The quantitative estimate of drug-likeness (QED) is 0.855. The maximum absolute atomic E-state index is 12.4. The first-order chi connectivity index (χ1) is 11.1. The van der Waals surface area contributed by atoms with Crippen LogP contribution in [0.3, 0.4) is 0 Å². The smallest absolute Gasteiger partial charge is 0.259 e. The van der Waals surface area contributed by atoms with E-state index in [9.17, 15) is 9.59 Å². The van der Waals surface area contributed by atoms with E-state index in [1.54, 1.807) is 42.5 Å². The Kier molecular flexibility index (Phi) is 5.74. The van der Waals surface area contributed by atoms with Gasteiger partial charge < -0.3 is 15.4 Å². The van der Waals surface area contributed by atoms with Crippen molar-refractivity contribution >= 4 is 23.2 Å². The Morgan fingerprint density at radius 3 is 2.17 bits per heavy atom. The van der Waals surface area contributed by atoms with Crippen molar-refractivity contribution in [1.29, 1.82) is 0 Å². The van der Waals surface area contributed by atoms with Crippen LogP contribution in [0.1, 0.15) is 30.6 Å². The average molecular weight is 312 g/mol. The van der Waals surface area contributed by atoms with Gasteiger partial charge in [-0.2, -0.15) is 0 Å². The fraction of sp³-hybridized carbons (Fsp3) is 0.222. The summed E-state index contributed by atoms with van der Waals surface area (Å²) in [7, 11) is 0. The zero-order chi connectivity index (χ0) is 16.7. The molecule has 0 unspecified atom stereocenters. The molecule has 2 aromatic carbocycles. The highest BCUT2D eigenvalue weighted by molar-refractivity contribution is 6.06. The molecule has 0 heterocycles. The topological polar surface area (TPSA) is 67.4 Å². The highest BCUT2D eigenvalue weighted by Crippen LogP contribution is 2.20. The monoisotopic (exact) mass is 312 g/mol. The van der Waals surface area contributed by atoms with E-state index < -0.39 is 0 Å². The van der Waals surface area contributed by atoms with Crippen LogP contribution in [0, 0.1) is 0 Å². The third kappa shape index (κ3) is 4.85. The van der Waals surface area contributed by atoms with E-state index in [0.29, 0.717) is 29.3 Å². The molecule has 120 valence electrons. The summed E-state index contributed by atoms with van der Waals surface area (Å²) < 4.78 is 5.60. The second-order valence-corrected chi connectivity index (χ2v) is 5.06. The molecule has 0 aromatic heterocycles. The van der Waals surface area contributed by atoms with E-state index in [2.05, 4.69) is 10.6 Å². The Morgan fingerprint density at radius 2 is 1.57 bits per heavy atom. The average Bonchev–Trinajstić information content (AvgIpc) is 2.54. The summed E-state index contributed by atoms with van der Waals surface area (Å²) in [5, 5.41) is 5.50. The number of nitrogens with one attached hydrogen (secondary N) is 2. The number of hydrogen-bond acceptors (Lipinski definition) is 3. The zero-order valence-corrected chi connectivity index (χ0v) is 13.3. The van der Waals surface area contributed by atoms with Gasteiger partial charge in [0.15, 0.2) is 0 Å². The number of rotatable bonds is 6. The first-order valence-electron chi connectivity index (χ1n) is 7.51. The standard InChI is InChI=1S/C18H20N2O3/c1-3-12-23-17-7-5-4-6-16(17)18(22)20-15-10-8-14(9-11-15)19-13(2)21/h4-11H,3,12H2,1-2H3,(H,19,21)(H,20,22). The lowest BCUT2D eigenvalue weighted by atomic mass is 10.1. The van der Waals surface area contributed by atoms with Crippen molar-refractivity contribution in [2.75, 3.05) is 17.2 Å². The molecular formula is C18H20N2O3. The number of anilines is 2. The molecule has 0 aliphatic rings. The van der Waals surface area contributed by atoms with Crippen molar-refractivity contribution in [3.63, 3.8) is 0 Å². The highest BCUT2D eigenvalue weighted by Gasteiger charge is 2.12. The number of ether oxygens (including phenoxy) is 1. The molecule has 0 aliphatic heterocycles. The molecule has 0 bridgehead atoms. The molecule has 2 aromatic rings. The number of carbonyl (C=O) groups is 2.